The summed E-state index contributed by atoms with van der Waals surface area (Å²) < 4.78 is 5.32. The van der Waals surface area contributed by atoms with E-state index in [4.69, 9.17) is 4.74 Å². The minimum Gasteiger partial charge on any atom is -0.465 e. The molecule has 21 heavy (non-hydrogen) atoms. The predicted octanol–water partition coefficient (Wildman–Crippen LogP) is 2.96. The number of hydrogen-bond donors (Lipinski definition) is 1. The number of nitrogens with one attached hydrogen (secondary N) is 1. The van der Waals surface area contributed by atoms with E-state index in [0.717, 1.165) is 19.5 Å². The third-order valence-corrected chi connectivity index (χ3v) is 4.32. The van der Waals surface area contributed by atoms with Crippen LogP contribution in [0, 0.1) is 0 Å². The van der Waals surface area contributed by atoms with Crippen molar-refractivity contribution in [2.45, 2.75) is 84.3 Å². The van der Waals surface area contributed by atoms with Gasteiger partial charge in [0.25, 0.3) is 0 Å². The van der Waals surface area contributed by atoms with Crippen LogP contribution >= 0.6 is 0 Å². The van der Waals surface area contributed by atoms with E-state index in [1.54, 1.807) is 0 Å². The molecule has 0 saturated carbocycles. The van der Waals surface area contributed by atoms with Gasteiger partial charge in [-0.05, 0) is 53.5 Å². The van der Waals surface area contributed by atoms with Crippen LogP contribution in [0.1, 0.15) is 66.7 Å². The third kappa shape index (κ3) is 5.59. The zero-order valence-corrected chi connectivity index (χ0v) is 14.6. The Morgan fingerprint density at radius 1 is 1.33 bits per heavy atom. The van der Waals surface area contributed by atoms with Crippen molar-refractivity contribution in [2.75, 3.05) is 19.7 Å². The van der Waals surface area contributed by atoms with Crippen LogP contribution in [0.5, 0.6) is 0 Å². The second kappa shape index (κ2) is 8.74. The summed E-state index contributed by atoms with van der Waals surface area (Å²) in [6.07, 6.45) is 6.25. The number of ether oxygens (including phenoxy) is 1. The molecule has 4 heteroatoms. The Morgan fingerprint density at radius 2 is 2.05 bits per heavy atom. The highest BCUT2D eigenvalue weighted by Crippen LogP contribution is 2.22. The number of carbonyl (C=O) groups is 1. The highest BCUT2D eigenvalue weighted by molar-refractivity contribution is 5.80. The number of hydrogen-bond acceptors (Lipinski definition) is 4. The van der Waals surface area contributed by atoms with Gasteiger partial charge >= 0.3 is 5.97 Å². The maximum Gasteiger partial charge on any atom is 0.327 e. The van der Waals surface area contributed by atoms with Gasteiger partial charge < -0.3 is 4.74 Å². The van der Waals surface area contributed by atoms with Gasteiger partial charge in [0.2, 0.25) is 0 Å². The highest BCUT2D eigenvalue weighted by atomic mass is 16.5. The molecule has 0 aromatic heterocycles. The molecule has 2 unspecified atom stereocenters. The summed E-state index contributed by atoms with van der Waals surface area (Å²) in [6, 6.07) is 0.849. The van der Waals surface area contributed by atoms with Gasteiger partial charge in [0, 0.05) is 18.6 Å². The first-order chi connectivity index (χ1) is 9.92. The monoisotopic (exact) mass is 298 g/mol. The Bertz CT molecular complexity index is 320. The quantitative estimate of drug-likeness (QED) is 0.734. The minimum atomic E-state index is -0.623. The molecule has 0 spiro atoms. The van der Waals surface area contributed by atoms with Crippen LogP contribution in [0.15, 0.2) is 0 Å². The Balaban J connectivity index is 2.84. The van der Waals surface area contributed by atoms with Crippen molar-refractivity contribution in [1.29, 1.82) is 0 Å². The van der Waals surface area contributed by atoms with E-state index in [2.05, 4.69) is 31.0 Å². The summed E-state index contributed by atoms with van der Waals surface area (Å²) in [6.45, 7) is 12.5. The van der Waals surface area contributed by atoms with Crippen LogP contribution in [0.3, 0.4) is 0 Å². The standard InChI is InChI=1S/C17H34N2O2/c1-6-15-11-9-8-10-12-19(15)13-17(5,18-14(3)4)16(20)21-7-2/h14-15,18H,6-13H2,1-5H3. The molecule has 0 aromatic rings. The lowest BCUT2D eigenvalue weighted by Gasteiger charge is -2.38. The molecule has 1 heterocycles. The molecule has 0 aromatic carbocycles. The van der Waals surface area contributed by atoms with E-state index in [-0.39, 0.29) is 12.0 Å². The van der Waals surface area contributed by atoms with Crippen molar-refractivity contribution in [1.82, 2.24) is 10.2 Å². The van der Waals surface area contributed by atoms with Crippen LogP contribution in [-0.2, 0) is 9.53 Å². The van der Waals surface area contributed by atoms with Crippen LogP contribution in [0.2, 0.25) is 0 Å². The molecule has 1 aliphatic rings. The molecule has 2 atom stereocenters. The van der Waals surface area contributed by atoms with E-state index in [9.17, 15) is 4.79 Å². The molecule has 0 bridgehead atoms. The Labute approximate surface area is 130 Å². The van der Waals surface area contributed by atoms with E-state index in [0.29, 0.717) is 12.6 Å². The molecule has 4 nitrogen and oxygen atoms in total. The van der Waals surface area contributed by atoms with Gasteiger partial charge in [0.1, 0.15) is 5.54 Å². The van der Waals surface area contributed by atoms with Crippen molar-refractivity contribution in [3.63, 3.8) is 0 Å². The molecule has 1 N–H and O–H groups in total. The first-order valence-electron chi connectivity index (χ1n) is 8.62. The molecule has 1 saturated heterocycles. The second-order valence-corrected chi connectivity index (χ2v) is 6.73. The first kappa shape index (κ1) is 18.4. The Morgan fingerprint density at radius 3 is 2.62 bits per heavy atom. The van der Waals surface area contributed by atoms with Crippen LogP contribution in [0.4, 0.5) is 0 Å². The largest absolute Gasteiger partial charge is 0.465 e. The number of carbonyl (C=O) groups excluding carboxylic acids is 1. The molecule has 0 radical (unpaired) electrons. The predicted molar refractivity (Wildman–Crippen MR) is 87.4 cm³/mol. The molecule has 0 amide bonds. The topological polar surface area (TPSA) is 41.6 Å². The van der Waals surface area contributed by atoms with E-state index < -0.39 is 5.54 Å². The van der Waals surface area contributed by atoms with Gasteiger partial charge in [0.05, 0.1) is 6.61 Å². The summed E-state index contributed by atoms with van der Waals surface area (Å²) >= 11 is 0. The van der Waals surface area contributed by atoms with Gasteiger partial charge in [-0.1, -0.05) is 19.8 Å². The minimum absolute atomic E-state index is 0.127. The number of likely N-dealkylation sites (tertiary alicyclic amines) is 1. The van der Waals surface area contributed by atoms with Crippen LogP contribution in [-0.4, -0.2) is 48.2 Å². The lowest BCUT2D eigenvalue weighted by Crippen LogP contribution is -2.60. The Hall–Kier alpha value is -0.610. The first-order valence-corrected chi connectivity index (χ1v) is 8.62. The van der Waals surface area contributed by atoms with Crippen molar-refractivity contribution >= 4 is 5.97 Å². The fourth-order valence-corrected chi connectivity index (χ4v) is 3.41. The molecule has 1 fully saturated rings. The van der Waals surface area contributed by atoms with Crippen LogP contribution < -0.4 is 5.32 Å². The van der Waals surface area contributed by atoms with Crippen molar-refractivity contribution in [3.05, 3.63) is 0 Å². The summed E-state index contributed by atoms with van der Waals surface area (Å²) in [7, 11) is 0. The summed E-state index contributed by atoms with van der Waals surface area (Å²) in [4.78, 5) is 14.9. The zero-order chi connectivity index (χ0) is 15.9. The SMILES string of the molecule is CCOC(=O)C(C)(CN1CCCCCC1CC)NC(C)C. The number of esters is 1. The smallest absolute Gasteiger partial charge is 0.327 e. The molecule has 1 rings (SSSR count). The second-order valence-electron chi connectivity index (χ2n) is 6.73. The lowest BCUT2D eigenvalue weighted by atomic mass is 9.98. The van der Waals surface area contributed by atoms with Crippen molar-refractivity contribution < 1.29 is 9.53 Å². The maximum absolute atomic E-state index is 12.4. The number of rotatable bonds is 7. The third-order valence-electron chi connectivity index (χ3n) is 4.32. The number of nitrogens with zero attached hydrogens (tertiary/aromatic N) is 1. The van der Waals surface area contributed by atoms with E-state index in [1.807, 2.05) is 13.8 Å². The summed E-state index contributed by atoms with van der Waals surface area (Å²) in [5.74, 6) is -0.127. The van der Waals surface area contributed by atoms with Crippen molar-refractivity contribution in [2.24, 2.45) is 0 Å². The van der Waals surface area contributed by atoms with Gasteiger partial charge in [0.15, 0.2) is 0 Å². The molecule has 1 aliphatic heterocycles. The maximum atomic E-state index is 12.4. The van der Waals surface area contributed by atoms with Crippen molar-refractivity contribution in [3.8, 4) is 0 Å². The Kier molecular flexibility index (Phi) is 7.67. The lowest BCUT2D eigenvalue weighted by molar-refractivity contribution is -0.152. The fraction of sp³-hybridized carbons (Fsp3) is 0.941. The van der Waals surface area contributed by atoms with Crippen LogP contribution in [0.25, 0.3) is 0 Å². The highest BCUT2D eigenvalue weighted by Gasteiger charge is 2.38. The summed E-state index contributed by atoms with van der Waals surface area (Å²) in [5.41, 5.74) is -0.623. The molecule has 0 aliphatic carbocycles. The molecular weight excluding hydrogens is 264 g/mol. The average molecular weight is 298 g/mol. The van der Waals surface area contributed by atoms with E-state index in [1.165, 1.54) is 25.7 Å². The molecular formula is C17H34N2O2. The normalized spacial score (nSPS) is 23.6. The molecule has 124 valence electrons. The zero-order valence-electron chi connectivity index (χ0n) is 14.6. The van der Waals surface area contributed by atoms with Gasteiger partial charge in [-0.2, -0.15) is 0 Å². The van der Waals surface area contributed by atoms with E-state index >= 15 is 0 Å². The summed E-state index contributed by atoms with van der Waals surface area (Å²) in [5, 5.41) is 3.44. The average Bonchev–Trinajstić information content (AvgIpc) is 2.63. The van der Waals surface area contributed by atoms with Gasteiger partial charge in [-0.3, -0.25) is 15.0 Å². The van der Waals surface area contributed by atoms with Gasteiger partial charge in [-0.25, -0.2) is 0 Å². The van der Waals surface area contributed by atoms with Gasteiger partial charge in [-0.15, -0.1) is 0 Å². The fourth-order valence-electron chi connectivity index (χ4n) is 3.41.